The summed E-state index contributed by atoms with van der Waals surface area (Å²) >= 11 is 1.70. The lowest BCUT2D eigenvalue weighted by atomic mass is 10.1. The van der Waals surface area contributed by atoms with E-state index < -0.39 is 6.10 Å². The molecule has 2 N–H and O–H groups in total. The lowest BCUT2D eigenvalue weighted by Gasteiger charge is -2.17. The van der Waals surface area contributed by atoms with Crippen LogP contribution in [-0.2, 0) is 0 Å². The molecule has 4 nitrogen and oxygen atoms in total. The second-order valence-corrected chi connectivity index (χ2v) is 6.39. The standard InChI is InChI=1S/C18H23NO3S/c1-3-17(21)14-6-8-16(9-7-14)22-12-15(20)11-19-13(2)18-5-4-10-23-18/h4-10,13,15,19-20H,3,11-12H2,1-2H3. The highest BCUT2D eigenvalue weighted by Gasteiger charge is 2.10. The van der Waals surface area contributed by atoms with E-state index in [1.165, 1.54) is 4.88 Å². The van der Waals surface area contributed by atoms with Crippen LogP contribution in [0.15, 0.2) is 41.8 Å². The smallest absolute Gasteiger partial charge is 0.162 e. The number of carbonyl (C=O) groups excluding carboxylic acids is 1. The first kappa shape index (κ1) is 17.7. The summed E-state index contributed by atoms with van der Waals surface area (Å²) in [6.07, 6.45) is -0.0955. The van der Waals surface area contributed by atoms with Gasteiger partial charge in [0.05, 0.1) is 0 Å². The van der Waals surface area contributed by atoms with Crippen LogP contribution in [-0.4, -0.2) is 30.1 Å². The Morgan fingerprint density at radius 2 is 2.04 bits per heavy atom. The molecule has 0 spiro atoms. The first-order valence-electron chi connectivity index (χ1n) is 7.81. The van der Waals surface area contributed by atoms with Crippen molar-refractivity contribution in [1.82, 2.24) is 5.32 Å². The SMILES string of the molecule is CCC(=O)c1ccc(OCC(O)CNC(C)c2cccs2)cc1. The molecule has 2 aromatic rings. The van der Waals surface area contributed by atoms with Crippen molar-refractivity contribution in [3.63, 3.8) is 0 Å². The molecule has 2 atom stereocenters. The number of aliphatic hydroxyl groups is 1. The largest absolute Gasteiger partial charge is 0.491 e. The van der Waals surface area contributed by atoms with E-state index in [-0.39, 0.29) is 18.4 Å². The lowest BCUT2D eigenvalue weighted by molar-refractivity contribution is 0.0986. The van der Waals surface area contributed by atoms with Gasteiger partial charge in [-0.05, 0) is 42.6 Å². The molecule has 5 heteroatoms. The van der Waals surface area contributed by atoms with Crippen molar-refractivity contribution >= 4 is 17.1 Å². The Kier molecular flexibility index (Phi) is 6.77. The molecule has 2 rings (SSSR count). The van der Waals surface area contributed by atoms with Gasteiger partial charge in [0.15, 0.2) is 5.78 Å². The predicted molar refractivity (Wildman–Crippen MR) is 93.3 cm³/mol. The molecule has 0 radical (unpaired) electrons. The topological polar surface area (TPSA) is 58.6 Å². The molecule has 0 aliphatic rings. The van der Waals surface area contributed by atoms with Gasteiger partial charge in [0.2, 0.25) is 0 Å². The molecular weight excluding hydrogens is 310 g/mol. The summed E-state index contributed by atoms with van der Waals surface area (Å²) < 4.78 is 5.56. The van der Waals surface area contributed by atoms with Crippen molar-refractivity contribution < 1.29 is 14.6 Å². The molecule has 0 saturated heterocycles. The summed E-state index contributed by atoms with van der Waals surface area (Å²) in [6, 6.07) is 11.3. The van der Waals surface area contributed by atoms with Crippen molar-refractivity contribution in [2.45, 2.75) is 32.4 Å². The molecule has 1 aromatic heterocycles. The zero-order valence-corrected chi connectivity index (χ0v) is 14.3. The minimum absolute atomic E-state index is 0.114. The zero-order valence-electron chi connectivity index (χ0n) is 13.5. The van der Waals surface area contributed by atoms with Crippen molar-refractivity contribution in [2.24, 2.45) is 0 Å². The minimum atomic E-state index is -0.589. The van der Waals surface area contributed by atoms with Gasteiger partial charge in [0.1, 0.15) is 18.5 Å². The van der Waals surface area contributed by atoms with Gasteiger partial charge in [0.25, 0.3) is 0 Å². The second-order valence-electron chi connectivity index (χ2n) is 5.41. The van der Waals surface area contributed by atoms with E-state index in [0.717, 1.165) is 0 Å². The summed E-state index contributed by atoms with van der Waals surface area (Å²) in [5, 5.41) is 15.3. The number of rotatable bonds is 9. The van der Waals surface area contributed by atoms with Crippen LogP contribution in [0.1, 0.15) is 41.5 Å². The van der Waals surface area contributed by atoms with Crippen LogP contribution in [0.4, 0.5) is 0 Å². The average Bonchev–Trinajstić information content (AvgIpc) is 3.12. The molecule has 0 bridgehead atoms. The maximum atomic E-state index is 11.5. The number of nitrogens with one attached hydrogen (secondary N) is 1. The second kappa shape index (κ2) is 8.82. The fourth-order valence-corrected chi connectivity index (χ4v) is 2.90. The van der Waals surface area contributed by atoms with E-state index in [0.29, 0.717) is 24.3 Å². The van der Waals surface area contributed by atoms with Crippen molar-refractivity contribution in [2.75, 3.05) is 13.2 Å². The molecule has 2 unspecified atom stereocenters. The maximum absolute atomic E-state index is 11.5. The highest BCUT2D eigenvalue weighted by molar-refractivity contribution is 7.10. The van der Waals surface area contributed by atoms with Crippen molar-refractivity contribution in [3.05, 3.63) is 52.2 Å². The Bertz CT molecular complexity index is 595. The third kappa shape index (κ3) is 5.46. The summed E-state index contributed by atoms with van der Waals surface area (Å²) in [5.41, 5.74) is 0.687. The van der Waals surface area contributed by atoms with Gasteiger partial charge in [-0.3, -0.25) is 4.79 Å². The highest BCUT2D eigenvalue weighted by Crippen LogP contribution is 2.18. The Labute approximate surface area is 141 Å². The van der Waals surface area contributed by atoms with Gasteiger partial charge in [-0.1, -0.05) is 13.0 Å². The van der Waals surface area contributed by atoms with Crippen LogP contribution in [0.3, 0.4) is 0 Å². The van der Waals surface area contributed by atoms with E-state index in [1.807, 2.05) is 18.4 Å². The van der Waals surface area contributed by atoms with Gasteiger partial charge >= 0.3 is 0 Å². The molecule has 0 aliphatic heterocycles. The number of hydrogen-bond acceptors (Lipinski definition) is 5. The molecule has 0 aliphatic carbocycles. The fraction of sp³-hybridized carbons (Fsp3) is 0.389. The van der Waals surface area contributed by atoms with Gasteiger partial charge in [-0.2, -0.15) is 0 Å². The number of Topliss-reactive ketones (excluding diaryl/α,β-unsaturated/α-hetero) is 1. The van der Waals surface area contributed by atoms with Crippen LogP contribution in [0.5, 0.6) is 5.75 Å². The highest BCUT2D eigenvalue weighted by atomic mass is 32.1. The van der Waals surface area contributed by atoms with Crippen LogP contribution in [0.25, 0.3) is 0 Å². The van der Waals surface area contributed by atoms with Gasteiger partial charge < -0.3 is 15.2 Å². The monoisotopic (exact) mass is 333 g/mol. The molecule has 23 heavy (non-hydrogen) atoms. The number of carbonyl (C=O) groups is 1. The van der Waals surface area contributed by atoms with Crippen LogP contribution in [0.2, 0.25) is 0 Å². The quantitative estimate of drug-likeness (QED) is 0.690. The Morgan fingerprint density at radius 1 is 1.30 bits per heavy atom. The zero-order chi connectivity index (χ0) is 16.7. The van der Waals surface area contributed by atoms with E-state index in [2.05, 4.69) is 18.3 Å². The first-order valence-corrected chi connectivity index (χ1v) is 8.69. The molecule has 1 aromatic carbocycles. The Hall–Kier alpha value is -1.69. The van der Waals surface area contributed by atoms with E-state index in [9.17, 15) is 9.90 Å². The van der Waals surface area contributed by atoms with E-state index in [1.54, 1.807) is 35.6 Å². The van der Waals surface area contributed by atoms with Gasteiger partial charge in [0, 0.05) is 29.4 Å². The number of ether oxygens (including phenoxy) is 1. The van der Waals surface area contributed by atoms with Crippen LogP contribution >= 0.6 is 11.3 Å². The van der Waals surface area contributed by atoms with E-state index >= 15 is 0 Å². The van der Waals surface area contributed by atoms with Crippen LogP contribution in [0, 0.1) is 0 Å². The first-order chi connectivity index (χ1) is 11.1. The molecular formula is C18H23NO3S. The molecule has 0 amide bonds. The summed E-state index contributed by atoms with van der Waals surface area (Å²) in [5.74, 6) is 0.770. The minimum Gasteiger partial charge on any atom is -0.491 e. The van der Waals surface area contributed by atoms with E-state index in [4.69, 9.17) is 4.74 Å². The summed E-state index contributed by atoms with van der Waals surface area (Å²) in [4.78, 5) is 12.8. The molecule has 0 saturated carbocycles. The number of benzene rings is 1. The lowest BCUT2D eigenvalue weighted by Crippen LogP contribution is -2.32. The summed E-state index contributed by atoms with van der Waals surface area (Å²) in [7, 11) is 0. The summed E-state index contributed by atoms with van der Waals surface area (Å²) in [6.45, 7) is 4.59. The number of ketones is 1. The normalized spacial score (nSPS) is 13.5. The number of hydrogen-bond donors (Lipinski definition) is 2. The maximum Gasteiger partial charge on any atom is 0.162 e. The van der Waals surface area contributed by atoms with Crippen molar-refractivity contribution in [1.29, 1.82) is 0 Å². The molecule has 1 heterocycles. The Balaban J connectivity index is 1.73. The van der Waals surface area contributed by atoms with Crippen LogP contribution < -0.4 is 10.1 Å². The Morgan fingerprint density at radius 3 is 2.65 bits per heavy atom. The van der Waals surface area contributed by atoms with Gasteiger partial charge in [-0.15, -0.1) is 11.3 Å². The average molecular weight is 333 g/mol. The third-order valence-corrected chi connectivity index (χ3v) is 4.62. The number of thiophene rings is 1. The van der Waals surface area contributed by atoms with Crippen molar-refractivity contribution in [3.8, 4) is 5.75 Å². The third-order valence-electron chi connectivity index (χ3n) is 3.57. The van der Waals surface area contributed by atoms with Gasteiger partial charge in [-0.25, -0.2) is 0 Å². The molecule has 124 valence electrons. The number of aliphatic hydroxyl groups excluding tert-OH is 1. The predicted octanol–water partition coefficient (Wildman–Crippen LogP) is 3.43. The fourth-order valence-electron chi connectivity index (χ4n) is 2.14. The molecule has 0 fully saturated rings.